The first-order valence-corrected chi connectivity index (χ1v) is 5.56. The van der Waals surface area contributed by atoms with Gasteiger partial charge in [0, 0.05) is 10.7 Å². The Hall–Kier alpha value is -2.11. The Labute approximate surface area is 109 Å². The van der Waals surface area contributed by atoms with Crippen molar-refractivity contribution >= 4 is 28.9 Å². The second kappa shape index (κ2) is 5.48. The van der Waals surface area contributed by atoms with Crippen LogP contribution in [0.3, 0.4) is 0 Å². The third kappa shape index (κ3) is 2.97. The first-order chi connectivity index (χ1) is 8.69. The lowest BCUT2D eigenvalue weighted by Crippen LogP contribution is -2.14. The molecule has 0 unspecified atom stereocenters. The maximum atomic E-state index is 11.8. The van der Waals surface area contributed by atoms with E-state index < -0.39 is 0 Å². The standard InChI is InChI=1S/C12H11ClN4O/c13-8-1-3-9(4-2-8)16-12(18)11-6-5-10(17-14)7-15-11/h1-7,17H,14H2,(H,16,18). The number of nitrogens with two attached hydrogens (primary N) is 1. The van der Waals surface area contributed by atoms with Gasteiger partial charge in [0.25, 0.3) is 5.91 Å². The van der Waals surface area contributed by atoms with Crippen molar-refractivity contribution in [3.05, 3.63) is 53.3 Å². The zero-order chi connectivity index (χ0) is 13.0. The highest BCUT2D eigenvalue weighted by Crippen LogP contribution is 2.14. The number of nitrogens with zero attached hydrogens (tertiary/aromatic N) is 1. The van der Waals surface area contributed by atoms with Gasteiger partial charge in [-0.1, -0.05) is 11.6 Å². The van der Waals surface area contributed by atoms with E-state index in [1.54, 1.807) is 36.4 Å². The molecule has 0 bridgehead atoms. The highest BCUT2D eigenvalue weighted by Gasteiger charge is 2.07. The first kappa shape index (κ1) is 12.3. The Bertz CT molecular complexity index is 539. The minimum atomic E-state index is -0.291. The number of hydrogen-bond acceptors (Lipinski definition) is 4. The van der Waals surface area contributed by atoms with Crippen molar-refractivity contribution in [3.8, 4) is 0 Å². The fraction of sp³-hybridized carbons (Fsp3) is 0. The molecule has 0 radical (unpaired) electrons. The van der Waals surface area contributed by atoms with E-state index in [4.69, 9.17) is 17.4 Å². The minimum Gasteiger partial charge on any atom is -0.323 e. The molecule has 1 amide bonds. The van der Waals surface area contributed by atoms with E-state index in [1.165, 1.54) is 6.20 Å². The van der Waals surface area contributed by atoms with Gasteiger partial charge < -0.3 is 10.7 Å². The maximum absolute atomic E-state index is 11.8. The number of pyridine rings is 1. The molecule has 1 aromatic carbocycles. The lowest BCUT2D eigenvalue weighted by atomic mass is 10.3. The predicted octanol–water partition coefficient (Wildman–Crippen LogP) is 2.27. The topological polar surface area (TPSA) is 80.0 Å². The summed E-state index contributed by atoms with van der Waals surface area (Å²) >= 11 is 5.75. The minimum absolute atomic E-state index is 0.291. The summed E-state index contributed by atoms with van der Waals surface area (Å²) in [6.45, 7) is 0. The summed E-state index contributed by atoms with van der Waals surface area (Å²) in [4.78, 5) is 15.8. The van der Waals surface area contributed by atoms with Crippen molar-refractivity contribution in [3.63, 3.8) is 0 Å². The zero-order valence-electron chi connectivity index (χ0n) is 9.35. The van der Waals surface area contributed by atoms with Crippen LogP contribution in [0.1, 0.15) is 10.5 Å². The van der Waals surface area contributed by atoms with Crippen LogP contribution in [-0.4, -0.2) is 10.9 Å². The molecule has 2 rings (SSSR count). The van der Waals surface area contributed by atoms with Crippen molar-refractivity contribution < 1.29 is 4.79 Å². The van der Waals surface area contributed by atoms with Gasteiger partial charge in [0.15, 0.2) is 0 Å². The Kier molecular flexibility index (Phi) is 3.76. The molecule has 0 saturated heterocycles. The van der Waals surface area contributed by atoms with Gasteiger partial charge in [0.1, 0.15) is 5.69 Å². The quantitative estimate of drug-likeness (QED) is 0.586. The van der Waals surface area contributed by atoms with E-state index in [0.29, 0.717) is 22.1 Å². The van der Waals surface area contributed by atoms with Crippen LogP contribution in [0.25, 0.3) is 0 Å². The number of anilines is 2. The number of benzene rings is 1. The fourth-order valence-corrected chi connectivity index (χ4v) is 1.47. The van der Waals surface area contributed by atoms with Crippen LogP contribution in [0, 0.1) is 0 Å². The van der Waals surface area contributed by atoms with Crippen LogP contribution in [0.15, 0.2) is 42.6 Å². The largest absolute Gasteiger partial charge is 0.323 e. The predicted molar refractivity (Wildman–Crippen MR) is 71.5 cm³/mol. The number of carbonyl (C=O) groups excluding carboxylic acids is 1. The van der Waals surface area contributed by atoms with Crippen molar-refractivity contribution in [2.45, 2.75) is 0 Å². The summed E-state index contributed by atoms with van der Waals surface area (Å²) in [5.74, 6) is 4.92. The van der Waals surface area contributed by atoms with E-state index in [9.17, 15) is 4.79 Å². The van der Waals surface area contributed by atoms with E-state index in [0.717, 1.165) is 0 Å². The molecule has 4 N–H and O–H groups in total. The second-order valence-corrected chi connectivity index (χ2v) is 3.97. The van der Waals surface area contributed by atoms with E-state index in [1.807, 2.05) is 0 Å². The molecule has 0 aliphatic carbocycles. The second-order valence-electron chi connectivity index (χ2n) is 3.54. The molecular weight excluding hydrogens is 252 g/mol. The Balaban J connectivity index is 2.09. The number of hydrogen-bond donors (Lipinski definition) is 3. The number of rotatable bonds is 3. The molecule has 0 atom stereocenters. The third-order valence-electron chi connectivity index (χ3n) is 2.26. The molecule has 92 valence electrons. The normalized spacial score (nSPS) is 9.89. The van der Waals surface area contributed by atoms with Crippen LogP contribution >= 0.6 is 11.6 Å². The van der Waals surface area contributed by atoms with Gasteiger partial charge in [-0.15, -0.1) is 0 Å². The number of aromatic nitrogens is 1. The zero-order valence-corrected chi connectivity index (χ0v) is 10.1. The lowest BCUT2D eigenvalue weighted by Gasteiger charge is -2.05. The molecular formula is C12H11ClN4O. The van der Waals surface area contributed by atoms with Crippen LogP contribution in [-0.2, 0) is 0 Å². The van der Waals surface area contributed by atoms with Crippen LogP contribution in [0.4, 0.5) is 11.4 Å². The van der Waals surface area contributed by atoms with Gasteiger partial charge in [-0.3, -0.25) is 10.6 Å². The number of hydrazine groups is 1. The fourth-order valence-electron chi connectivity index (χ4n) is 1.34. The highest BCUT2D eigenvalue weighted by atomic mass is 35.5. The van der Waals surface area contributed by atoms with Crippen LogP contribution < -0.4 is 16.6 Å². The summed E-state index contributed by atoms with van der Waals surface area (Å²) < 4.78 is 0. The molecule has 5 nitrogen and oxygen atoms in total. The molecule has 0 aliphatic rings. The van der Waals surface area contributed by atoms with Gasteiger partial charge in [0.05, 0.1) is 11.9 Å². The first-order valence-electron chi connectivity index (χ1n) is 5.18. The summed E-state index contributed by atoms with van der Waals surface area (Å²) in [5, 5.41) is 3.33. The van der Waals surface area contributed by atoms with Crippen molar-refractivity contribution in [1.82, 2.24) is 4.98 Å². The maximum Gasteiger partial charge on any atom is 0.274 e. The molecule has 0 spiro atoms. The van der Waals surface area contributed by atoms with Gasteiger partial charge >= 0.3 is 0 Å². The molecule has 0 aliphatic heterocycles. The molecule has 0 saturated carbocycles. The van der Waals surface area contributed by atoms with Crippen LogP contribution in [0.2, 0.25) is 5.02 Å². The third-order valence-corrected chi connectivity index (χ3v) is 2.52. The average Bonchev–Trinajstić information content (AvgIpc) is 2.41. The number of amides is 1. The monoisotopic (exact) mass is 262 g/mol. The molecule has 1 aromatic heterocycles. The number of nitrogens with one attached hydrogen (secondary N) is 2. The number of nitrogen functional groups attached to an aromatic ring is 1. The molecule has 0 fully saturated rings. The Morgan fingerprint density at radius 3 is 2.33 bits per heavy atom. The number of halogens is 1. The Morgan fingerprint density at radius 1 is 1.11 bits per heavy atom. The van der Waals surface area contributed by atoms with E-state index >= 15 is 0 Å². The summed E-state index contributed by atoms with van der Waals surface area (Å²) in [7, 11) is 0. The van der Waals surface area contributed by atoms with Gasteiger partial charge in [-0.25, -0.2) is 4.98 Å². The van der Waals surface area contributed by atoms with Gasteiger partial charge in [-0.2, -0.15) is 0 Å². The summed E-state index contributed by atoms with van der Waals surface area (Å²) in [6, 6.07) is 10.1. The van der Waals surface area contributed by atoms with Crippen molar-refractivity contribution in [1.29, 1.82) is 0 Å². The van der Waals surface area contributed by atoms with Gasteiger partial charge in [-0.05, 0) is 36.4 Å². The average molecular weight is 263 g/mol. The lowest BCUT2D eigenvalue weighted by molar-refractivity contribution is 0.102. The van der Waals surface area contributed by atoms with Crippen molar-refractivity contribution in [2.75, 3.05) is 10.7 Å². The van der Waals surface area contributed by atoms with E-state index in [2.05, 4.69) is 15.7 Å². The van der Waals surface area contributed by atoms with Gasteiger partial charge in [0.2, 0.25) is 0 Å². The Morgan fingerprint density at radius 2 is 1.78 bits per heavy atom. The number of carbonyl (C=O) groups is 1. The molecule has 2 aromatic rings. The molecule has 1 heterocycles. The highest BCUT2D eigenvalue weighted by molar-refractivity contribution is 6.30. The van der Waals surface area contributed by atoms with Crippen LogP contribution in [0.5, 0.6) is 0 Å². The SMILES string of the molecule is NNc1ccc(C(=O)Nc2ccc(Cl)cc2)nc1. The smallest absolute Gasteiger partial charge is 0.274 e. The van der Waals surface area contributed by atoms with Crippen molar-refractivity contribution in [2.24, 2.45) is 5.84 Å². The summed E-state index contributed by atoms with van der Waals surface area (Å²) in [5.41, 5.74) is 4.05. The van der Waals surface area contributed by atoms with E-state index in [-0.39, 0.29) is 5.91 Å². The molecule has 6 heteroatoms. The molecule has 18 heavy (non-hydrogen) atoms. The summed E-state index contributed by atoms with van der Waals surface area (Å²) in [6.07, 6.45) is 1.48.